The Balaban J connectivity index is 1.43. The summed E-state index contributed by atoms with van der Waals surface area (Å²) in [4.78, 5) is 38.5. The van der Waals surface area contributed by atoms with Crippen molar-refractivity contribution in [2.24, 2.45) is 0 Å². The van der Waals surface area contributed by atoms with E-state index < -0.39 is 23.8 Å². The highest BCUT2D eigenvalue weighted by Crippen LogP contribution is 2.26. The van der Waals surface area contributed by atoms with Gasteiger partial charge in [-0.25, -0.2) is 4.79 Å². The maximum absolute atomic E-state index is 12.5. The number of ether oxygens (including phenoxy) is 2. The second-order valence-corrected chi connectivity index (χ2v) is 6.51. The zero-order valence-electron chi connectivity index (χ0n) is 15.6. The van der Waals surface area contributed by atoms with Crippen LogP contribution in [0.3, 0.4) is 0 Å². The number of imide groups is 1. The third-order valence-electron chi connectivity index (χ3n) is 4.57. The van der Waals surface area contributed by atoms with E-state index in [4.69, 9.17) is 9.47 Å². The highest BCUT2D eigenvalue weighted by molar-refractivity contribution is 6.22. The van der Waals surface area contributed by atoms with E-state index in [1.807, 2.05) is 30.3 Å². The van der Waals surface area contributed by atoms with Crippen molar-refractivity contribution in [2.45, 2.75) is 13.0 Å². The number of amides is 2. The smallest absolute Gasteiger partial charge is 0.334 e. The van der Waals surface area contributed by atoms with Crippen LogP contribution in [0.4, 0.5) is 0 Å². The molecule has 1 heterocycles. The predicted octanol–water partition coefficient (Wildman–Crippen LogP) is 4.07. The summed E-state index contributed by atoms with van der Waals surface area (Å²) in [6.45, 7) is 1.47. The first-order chi connectivity index (χ1) is 14.0. The van der Waals surface area contributed by atoms with Crippen LogP contribution in [0.15, 0.2) is 78.9 Å². The van der Waals surface area contributed by atoms with Crippen molar-refractivity contribution in [1.29, 1.82) is 0 Å². The van der Waals surface area contributed by atoms with Crippen molar-refractivity contribution in [3.05, 3.63) is 90.0 Å². The standard InChI is InChI=1S/C23H17NO5/c1-15(24-21(25)19-9-5-6-10-20(19)22(24)26)23(27)29-18-13-11-17(12-14-18)28-16-7-3-2-4-8-16/h2-15H,1H3/t15-/m1/s1. The highest BCUT2D eigenvalue weighted by Gasteiger charge is 2.41. The van der Waals surface area contributed by atoms with E-state index in [2.05, 4.69) is 0 Å². The molecule has 6 heteroatoms. The van der Waals surface area contributed by atoms with Gasteiger partial charge in [0.15, 0.2) is 0 Å². The summed E-state index contributed by atoms with van der Waals surface area (Å²) in [5.74, 6) is -0.126. The van der Waals surface area contributed by atoms with Gasteiger partial charge < -0.3 is 9.47 Å². The topological polar surface area (TPSA) is 72.9 Å². The molecule has 6 nitrogen and oxygen atoms in total. The summed E-state index contributed by atoms with van der Waals surface area (Å²) >= 11 is 0. The normalized spacial score (nSPS) is 13.8. The van der Waals surface area contributed by atoms with Gasteiger partial charge in [0.2, 0.25) is 0 Å². The first-order valence-corrected chi connectivity index (χ1v) is 9.06. The fourth-order valence-electron chi connectivity index (χ4n) is 3.07. The van der Waals surface area contributed by atoms with Gasteiger partial charge in [0.25, 0.3) is 11.8 Å². The van der Waals surface area contributed by atoms with Crippen LogP contribution < -0.4 is 9.47 Å². The molecule has 0 aromatic heterocycles. The lowest BCUT2D eigenvalue weighted by atomic mass is 10.1. The number of esters is 1. The molecule has 0 saturated heterocycles. The molecule has 144 valence electrons. The second kappa shape index (κ2) is 7.59. The van der Waals surface area contributed by atoms with Gasteiger partial charge >= 0.3 is 5.97 Å². The van der Waals surface area contributed by atoms with E-state index in [9.17, 15) is 14.4 Å². The summed E-state index contributed by atoms with van der Waals surface area (Å²) in [7, 11) is 0. The minimum atomic E-state index is -1.05. The molecule has 0 fully saturated rings. The van der Waals surface area contributed by atoms with Gasteiger partial charge in [0.05, 0.1) is 11.1 Å². The number of fused-ring (bicyclic) bond motifs is 1. The van der Waals surface area contributed by atoms with E-state index in [-0.39, 0.29) is 0 Å². The van der Waals surface area contributed by atoms with Crippen molar-refractivity contribution >= 4 is 17.8 Å². The Hall–Kier alpha value is -3.93. The average Bonchev–Trinajstić information content (AvgIpc) is 3.00. The SMILES string of the molecule is C[C@H](C(=O)Oc1ccc(Oc2ccccc2)cc1)N1C(=O)c2ccccc2C1=O. The Morgan fingerprint density at radius 3 is 1.79 bits per heavy atom. The van der Waals surface area contributed by atoms with Gasteiger partial charge in [-0.05, 0) is 55.5 Å². The molecular weight excluding hydrogens is 370 g/mol. The monoisotopic (exact) mass is 387 g/mol. The molecule has 0 aliphatic carbocycles. The molecular formula is C23H17NO5. The molecule has 4 rings (SSSR count). The highest BCUT2D eigenvalue weighted by atomic mass is 16.5. The molecule has 29 heavy (non-hydrogen) atoms. The van der Waals surface area contributed by atoms with Gasteiger partial charge in [-0.15, -0.1) is 0 Å². The number of carbonyl (C=O) groups is 3. The fraction of sp³-hybridized carbons (Fsp3) is 0.0870. The Bertz CT molecular complexity index is 1040. The number of hydrogen-bond acceptors (Lipinski definition) is 5. The molecule has 0 N–H and O–H groups in total. The molecule has 0 radical (unpaired) electrons. The number of benzene rings is 3. The minimum Gasteiger partial charge on any atom is -0.457 e. The number of hydrogen-bond donors (Lipinski definition) is 0. The molecule has 2 amide bonds. The van der Waals surface area contributed by atoms with Crippen molar-refractivity contribution in [3.8, 4) is 17.2 Å². The molecule has 1 aliphatic rings. The Kier molecular flexibility index (Phi) is 4.83. The Morgan fingerprint density at radius 1 is 0.724 bits per heavy atom. The van der Waals surface area contributed by atoms with E-state index in [1.54, 1.807) is 48.5 Å². The van der Waals surface area contributed by atoms with E-state index in [0.29, 0.717) is 28.4 Å². The third kappa shape index (κ3) is 3.60. The lowest BCUT2D eigenvalue weighted by Gasteiger charge is -2.20. The number of nitrogens with zero attached hydrogens (tertiary/aromatic N) is 1. The molecule has 0 spiro atoms. The molecule has 1 aliphatic heterocycles. The minimum absolute atomic E-state index is 0.291. The third-order valence-corrected chi connectivity index (χ3v) is 4.57. The average molecular weight is 387 g/mol. The number of para-hydroxylation sites is 1. The van der Waals surface area contributed by atoms with Gasteiger partial charge in [-0.1, -0.05) is 30.3 Å². The van der Waals surface area contributed by atoms with Gasteiger partial charge in [-0.2, -0.15) is 0 Å². The summed E-state index contributed by atoms with van der Waals surface area (Å²) in [5, 5.41) is 0. The molecule has 0 unspecified atom stereocenters. The van der Waals surface area contributed by atoms with Crippen molar-refractivity contribution in [2.75, 3.05) is 0 Å². The summed E-state index contributed by atoms with van der Waals surface area (Å²) in [6, 6.07) is 21.2. The molecule has 0 saturated carbocycles. The fourth-order valence-corrected chi connectivity index (χ4v) is 3.07. The van der Waals surface area contributed by atoms with Gasteiger partial charge in [0, 0.05) is 0 Å². The van der Waals surface area contributed by atoms with Crippen molar-refractivity contribution in [1.82, 2.24) is 4.90 Å². The van der Waals surface area contributed by atoms with Crippen LogP contribution in [0.5, 0.6) is 17.2 Å². The molecule has 3 aromatic carbocycles. The number of carbonyl (C=O) groups excluding carboxylic acids is 3. The van der Waals surface area contributed by atoms with Crippen LogP contribution in [-0.2, 0) is 4.79 Å². The Labute approximate surface area is 167 Å². The first-order valence-electron chi connectivity index (χ1n) is 9.06. The molecule has 3 aromatic rings. The zero-order chi connectivity index (χ0) is 20.4. The summed E-state index contributed by atoms with van der Waals surface area (Å²) in [5.41, 5.74) is 0.583. The first kappa shape index (κ1) is 18.4. The second-order valence-electron chi connectivity index (χ2n) is 6.51. The van der Waals surface area contributed by atoms with Crippen LogP contribution in [0.2, 0.25) is 0 Å². The maximum Gasteiger partial charge on any atom is 0.334 e. The van der Waals surface area contributed by atoms with Crippen molar-refractivity contribution in [3.63, 3.8) is 0 Å². The van der Waals surface area contributed by atoms with E-state index in [1.165, 1.54) is 6.92 Å². The number of rotatable bonds is 5. The largest absolute Gasteiger partial charge is 0.457 e. The predicted molar refractivity (Wildman–Crippen MR) is 105 cm³/mol. The van der Waals surface area contributed by atoms with Crippen molar-refractivity contribution < 1.29 is 23.9 Å². The maximum atomic E-state index is 12.5. The van der Waals surface area contributed by atoms with Crippen LogP contribution in [0.1, 0.15) is 27.6 Å². The lowest BCUT2D eigenvalue weighted by Crippen LogP contribution is -2.44. The van der Waals surface area contributed by atoms with E-state index >= 15 is 0 Å². The summed E-state index contributed by atoms with van der Waals surface area (Å²) < 4.78 is 11.0. The van der Waals surface area contributed by atoms with Gasteiger partial charge in [-0.3, -0.25) is 14.5 Å². The lowest BCUT2D eigenvalue weighted by molar-refractivity contribution is -0.138. The van der Waals surface area contributed by atoms with Crippen LogP contribution in [0, 0.1) is 0 Å². The quantitative estimate of drug-likeness (QED) is 0.375. The summed E-state index contributed by atoms with van der Waals surface area (Å²) in [6.07, 6.45) is 0. The van der Waals surface area contributed by atoms with Crippen LogP contribution in [0.25, 0.3) is 0 Å². The van der Waals surface area contributed by atoms with Crippen LogP contribution >= 0.6 is 0 Å². The molecule has 0 bridgehead atoms. The van der Waals surface area contributed by atoms with E-state index in [0.717, 1.165) is 4.90 Å². The molecule has 1 atom stereocenters. The van der Waals surface area contributed by atoms with Crippen LogP contribution in [-0.4, -0.2) is 28.7 Å². The zero-order valence-corrected chi connectivity index (χ0v) is 15.6. The Morgan fingerprint density at radius 2 is 1.21 bits per heavy atom. The van der Waals surface area contributed by atoms with Gasteiger partial charge in [0.1, 0.15) is 23.3 Å².